The number of carbonyl (C=O) groups excluding carboxylic acids is 1. The molecule has 1 amide bonds. The fourth-order valence-corrected chi connectivity index (χ4v) is 6.86. The van der Waals surface area contributed by atoms with Crippen LogP contribution in [-0.2, 0) is 26.5 Å². The van der Waals surface area contributed by atoms with Gasteiger partial charge < -0.3 is 19.7 Å². The molecule has 2 aliphatic rings. The van der Waals surface area contributed by atoms with Crippen LogP contribution in [0.4, 0.5) is 13.2 Å². The molecule has 42 heavy (non-hydrogen) atoms. The minimum Gasteiger partial charge on any atom is -0.394 e. The van der Waals surface area contributed by atoms with Crippen LogP contribution in [0.5, 0.6) is 0 Å². The maximum atomic E-state index is 14.2. The van der Waals surface area contributed by atoms with Crippen molar-refractivity contribution in [2.45, 2.75) is 81.6 Å². The highest BCUT2D eigenvalue weighted by molar-refractivity contribution is 7.91. The van der Waals surface area contributed by atoms with Gasteiger partial charge in [-0.2, -0.15) is 13.2 Å². The summed E-state index contributed by atoms with van der Waals surface area (Å²) in [4.78, 5) is 18.4. The van der Waals surface area contributed by atoms with E-state index in [0.29, 0.717) is 17.1 Å². The van der Waals surface area contributed by atoms with E-state index in [9.17, 15) is 31.5 Å². The van der Waals surface area contributed by atoms with Crippen molar-refractivity contribution in [2.24, 2.45) is 5.92 Å². The number of aliphatic hydroxyl groups excluding tert-OH is 1. The molecule has 1 aromatic carbocycles. The van der Waals surface area contributed by atoms with Gasteiger partial charge in [0.25, 0.3) is 5.91 Å². The third kappa shape index (κ3) is 6.35. The monoisotopic (exact) mass is 609 g/mol. The Morgan fingerprint density at radius 1 is 1.24 bits per heavy atom. The minimum atomic E-state index is -4.54. The number of halogens is 3. The first-order valence-electron chi connectivity index (χ1n) is 14.0. The third-order valence-corrected chi connectivity index (χ3v) is 10.2. The van der Waals surface area contributed by atoms with E-state index >= 15 is 0 Å². The fourth-order valence-electron chi connectivity index (χ4n) is 5.98. The maximum absolute atomic E-state index is 14.2. The number of imidazole rings is 1. The van der Waals surface area contributed by atoms with Gasteiger partial charge in [0.15, 0.2) is 9.84 Å². The number of benzene rings is 1. The molecule has 2 N–H and O–H groups in total. The average Bonchev–Trinajstić information content (AvgIpc) is 3.55. The molecule has 3 unspecified atom stereocenters. The van der Waals surface area contributed by atoms with Crippen molar-refractivity contribution in [1.29, 1.82) is 0 Å². The van der Waals surface area contributed by atoms with Gasteiger partial charge in [-0.1, -0.05) is 57.0 Å². The minimum absolute atomic E-state index is 0.0568. The average molecular weight is 610 g/mol. The van der Waals surface area contributed by atoms with Crippen LogP contribution in [0.3, 0.4) is 0 Å². The Morgan fingerprint density at radius 2 is 1.88 bits per heavy atom. The van der Waals surface area contributed by atoms with Gasteiger partial charge in [-0.25, -0.2) is 13.4 Å². The van der Waals surface area contributed by atoms with Crippen molar-refractivity contribution in [2.75, 3.05) is 19.5 Å². The lowest BCUT2D eigenvalue weighted by atomic mass is 9.86. The predicted molar refractivity (Wildman–Crippen MR) is 152 cm³/mol. The molecule has 2 aromatic rings. The van der Waals surface area contributed by atoms with Crippen LogP contribution in [0, 0.1) is 12.8 Å². The lowest BCUT2D eigenvalue weighted by molar-refractivity contribution is -0.186. The van der Waals surface area contributed by atoms with E-state index in [-0.39, 0.29) is 28.5 Å². The number of aromatic nitrogens is 2. The van der Waals surface area contributed by atoms with E-state index in [1.54, 1.807) is 24.5 Å². The molecular formula is C30H38F3N3O5S. The molecule has 1 heterocycles. The first-order chi connectivity index (χ1) is 19.8. The number of hydrogen-bond donors (Lipinski definition) is 2. The number of sulfone groups is 1. The van der Waals surface area contributed by atoms with Gasteiger partial charge in [-0.15, -0.1) is 0 Å². The SMILES string of the molecule is CCS(=O)(=O)c1ccc(C(CO)NC(=O)c2nc(C3(C)CCCC3)n(CC3=CC=CC(OC)C3C(F)(F)F)c2C)cc1. The molecule has 0 spiro atoms. The smallest absolute Gasteiger partial charge is 0.394 e. The van der Waals surface area contributed by atoms with E-state index in [0.717, 1.165) is 25.7 Å². The van der Waals surface area contributed by atoms with E-state index in [4.69, 9.17) is 9.72 Å². The summed E-state index contributed by atoms with van der Waals surface area (Å²) >= 11 is 0. The summed E-state index contributed by atoms with van der Waals surface area (Å²) in [6, 6.07) is 5.07. The predicted octanol–water partition coefficient (Wildman–Crippen LogP) is 4.97. The zero-order valence-electron chi connectivity index (χ0n) is 24.2. The maximum Gasteiger partial charge on any atom is 0.398 e. The lowest BCUT2D eigenvalue weighted by Crippen LogP contribution is -2.38. The van der Waals surface area contributed by atoms with Gasteiger partial charge in [0.1, 0.15) is 17.4 Å². The van der Waals surface area contributed by atoms with Crippen LogP contribution in [0.25, 0.3) is 0 Å². The Kier molecular flexibility index (Phi) is 9.39. The highest BCUT2D eigenvalue weighted by Crippen LogP contribution is 2.43. The molecule has 2 aliphatic carbocycles. The Hall–Kier alpha value is -2.96. The Balaban J connectivity index is 1.68. The molecule has 4 rings (SSSR count). The van der Waals surface area contributed by atoms with Gasteiger partial charge in [-0.3, -0.25) is 4.79 Å². The number of nitrogens with one attached hydrogen (secondary N) is 1. The van der Waals surface area contributed by atoms with Gasteiger partial charge in [0, 0.05) is 24.8 Å². The van der Waals surface area contributed by atoms with Crippen LogP contribution in [0.2, 0.25) is 0 Å². The normalized spacial score (nSPS) is 21.3. The molecule has 12 heteroatoms. The van der Waals surface area contributed by atoms with Gasteiger partial charge in [-0.05, 0) is 43.0 Å². The second-order valence-electron chi connectivity index (χ2n) is 11.3. The van der Waals surface area contributed by atoms with Crippen molar-refractivity contribution in [1.82, 2.24) is 14.9 Å². The molecule has 230 valence electrons. The van der Waals surface area contributed by atoms with E-state index in [2.05, 4.69) is 5.32 Å². The number of ether oxygens (including phenoxy) is 1. The molecule has 0 aliphatic heterocycles. The summed E-state index contributed by atoms with van der Waals surface area (Å²) < 4.78 is 73.8. The van der Waals surface area contributed by atoms with Crippen LogP contribution < -0.4 is 5.32 Å². The van der Waals surface area contributed by atoms with E-state index in [1.807, 2.05) is 6.92 Å². The molecule has 0 saturated heterocycles. The molecule has 0 radical (unpaired) electrons. The summed E-state index contributed by atoms with van der Waals surface area (Å²) in [6.07, 6.45) is 2.18. The first kappa shape index (κ1) is 32.0. The number of rotatable bonds is 10. The largest absolute Gasteiger partial charge is 0.398 e. The van der Waals surface area contributed by atoms with Crippen LogP contribution in [0.1, 0.15) is 73.1 Å². The number of aliphatic hydroxyl groups is 1. The van der Waals surface area contributed by atoms with Crippen molar-refractivity contribution in [3.63, 3.8) is 0 Å². The molecule has 3 atom stereocenters. The zero-order valence-corrected chi connectivity index (χ0v) is 25.1. The summed E-state index contributed by atoms with van der Waals surface area (Å²) in [5, 5.41) is 12.8. The van der Waals surface area contributed by atoms with E-state index in [1.165, 1.54) is 43.5 Å². The second kappa shape index (κ2) is 12.3. The number of amides is 1. The van der Waals surface area contributed by atoms with Crippen molar-refractivity contribution < 1.29 is 36.2 Å². The Morgan fingerprint density at radius 3 is 2.43 bits per heavy atom. The molecule has 8 nitrogen and oxygen atoms in total. The van der Waals surface area contributed by atoms with Crippen molar-refractivity contribution in [3.05, 3.63) is 70.8 Å². The highest BCUT2D eigenvalue weighted by Gasteiger charge is 2.48. The molecule has 1 fully saturated rings. The summed E-state index contributed by atoms with van der Waals surface area (Å²) in [6.45, 7) is 4.67. The van der Waals surface area contributed by atoms with Gasteiger partial charge in [0.05, 0.1) is 29.4 Å². The molecule has 1 saturated carbocycles. The quantitative estimate of drug-likeness (QED) is 0.394. The van der Waals surface area contributed by atoms with E-state index < -0.39 is 52.0 Å². The number of hydrogen-bond acceptors (Lipinski definition) is 6. The lowest BCUT2D eigenvalue weighted by Gasteiger charge is -2.32. The van der Waals surface area contributed by atoms with Crippen LogP contribution in [0.15, 0.2) is 53.0 Å². The number of allylic oxidation sites excluding steroid dienone is 2. The van der Waals surface area contributed by atoms with Crippen molar-refractivity contribution >= 4 is 15.7 Å². The van der Waals surface area contributed by atoms with Gasteiger partial charge in [0.2, 0.25) is 0 Å². The standard InChI is InChI=1S/C30H38F3N3O5S/c1-5-42(39,40)22-13-11-20(12-14-22)23(18-37)34-27(38)26-19(2)36(28(35-26)29(3)15-6-7-16-29)17-21-9-8-10-24(41-4)25(21)30(31,32)33/h8-14,23-25,37H,5-7,15-18H2,1-4H3,(H,34,38). The highest BCUT2D eigenvalue weighted by atomic mass is 32.2. The van der Waals surface area contributed by atoms with Crippen LogP contribution in [-0.4, -0.2) is 60.7 Å². The summed E-state index contributed by atoms with van der Waals surface area (Å²) in [7, 11) is -2.17. The van der Waals surface area contributed by atoms with Crippen LogP contribution >= 0.6 is 0 Å². The van der Waals surface area contributed by atoms with Gasteiger partial charge >= 0.3 is 6.18 Å². The molecular weight excluding hydrogens is 571 g/mol. The Bertz CT molecular complexity index is 1460. The third-order valence-electron chi connectivity index (χ3n) is 8.50. The number of alkyl halides is 3. The summed E-state index contributed by atoms with van der Waals surface area (Å²) in [5.74, 6) is -1.92. The number of methoxy groups -OCH3 is 1. The first-order valence-corrected chi connectivity index (χ1v) is 15.7. The molecule has 0 bridgehead atoms. The van der Waals surface area contributed by atoms with Crippen molar-refractivity contribution in [3.8, 4) is 0 Å². The Labute approximate surface area is 244 Å². The topological polar surface area (TPSA) is 111 Å². The summed E-state index contributed by atoms with van der Waals surface area (Å²) in [5.41, 5.74) is 0.684. The fraction of sp³-hybridized carbons (Fsp3) is 0.533. The number of carbonyl (C=O) groups is 1. The second-order valence-corrected chi connectivity index (χ2v) is 13.5. The number of nitrogens with zero attached hydrogens (tertiary/aromatic N) is 2. The zero-order chi connectivity index (χ0) is 30.9. The molecule has 1 aromatic heterocycles.